The van der Waals surface area contributed by atoms with Crippen LogP contribution >= 0.6 is 11.3 Å². The first kappa shape index (κ1) is 13.0. The summed E-state index contributed by atoms with van der Waals surface area (Å²) in [5, 5.41) is 10.7. The van der Waals surface area contributed by atoms with Gasteiger partial charge in [0.25, 0.3) is 11.6 Å². The Morgan fingerprint density at radius 2 is 2.17 bits per heavy atom. The lowest BCUT2D eigenvalue weighted by Gasteiger charge is -2.29. The number of likely N-dealkylation sites (tertiary alicyclic amines) is 1. The molecule has 2 rings (SSSR count). The van der Waals surface area contributed by atoms with E-state index in [1.165, 1.54) is 17.4 Å². The number of amides is 1. The Morgan fingerprint density at radius 1 is 1.56 bits per heavy atom. The van der Waals surface area contributed by atoms with Crippen LogP contribution in [0.1, 0.15) is 27.4 Å². The molecule has 1 aromatic heterocycles. The summed E-state index contributed by atoms with van der Waals surface area (Å²) in [7, 11) is 0. The van der Waals surface area contributed by atoms with Gasteiger partial charge in [0.1, 0.15) is 0 Å². The molecule has 0 radical (unpaired) electrons. The zero-order valence-electron chi connectivity index (χ0n) is 10.1. The van der Waals surface area contributed by atoms with Gasteiger partial charge < -0.3 is 10.6 Å². The standard InChI is InChI=1S/C11H15N3O3S/c1-7-9(14(16)17)6-10(18-7)11(15)13-4-2-8(12)3-5-13/h6,8H,2-5,12H2,1H3. The molecule has 1 saturated heterocycles. The van der Waals surface area contributed by atoms with Gasteiger partial charge >= 0.3 is 0 Å². The van der Waals surface area contributed by atoms with Crippen molar-refractivity contribution in [3.05, 3.63) is 25.9 Å². The molecule has 7 heteroatoms. The van der Waals surface area contributed by atoms with Crippen molar-refractivity contribution in [1.82, 2.24) is 4.90 Å². The van der Waals surface area contributed by atoms with Crippen LogP contribution in [0.3, 0.4) is 0 Å². The number of nitrogens with zero attached hydrogens (tertiary/aromatic N) is 2. The average Bonchev–Trinajstić information content (AvgIpc) is 2.71. The first-order chi connectivity index (χ1) is 8.49. The van der Waals surface area contributed by atoms with Gasteiger partial charge in [-0.15, -0.1) is 11.3 Å². The maximum absolute atomic E-state index is 12.2. The van der Waals surface area contributed by atoms with Gasteiger partial charge in [0.15, 0.2) is 0 Å². The minimum atomic E-state index is -0.450. The third-order valence-electron chi connectivity index (χ3n) is 3.13. The van der Waals surface area contributed by atoms with Crippen LogP contribution in [0.15, 0.2) is 6.07 Å². The van der Waals surface area contributed by atoms with Gasteiger partial charge in [-0.1, -0.05) is 0 Å². The number of thiophene rings is 1. The molecule has 1 aromatic rings. The van der Waals surface area contributed by atoms with Gasteiger partial charge in [-0.3, -0.25) is 14.9 Å². The number of aryl methyl sites for hydroxylation is 1. The van der Waals surface area contributed by atoms with Crippen LogP contribution in [0, 0.1) is 17.0 Å². The van der Waals surface area contributed by atoms with Crippen molar-refractivity contribution < 1.29 is 9.72 Å². The van der Waals surface area contributed by atoms with Gasteiger partial charge in [-0.2, -0.15) is 0 Å². The molecule has 1 amide bonds. The Kier molecular flexibility index (Phi) is 3.63. The Bertz CT molecular complexity index is 478. The molecule has 0 saturated carbocycles. The normalized spacial score (nSPS) is 16.9. The van der Waals surface area contributed by atoms with E-state index in [-0.39, 0.29) is 17.6 Å². The van der Waals surface area contributed by atoms with E-state index in [1.54, 1.807) is 11.8 Å². The van der Waals surface area contributed by atoms with Gasteiger partial charge in [-0.25, -0.2) is 0 Å². The fraction of sp³-hybridized carbons (Fsp3) is 0.545. The molecule has 0 aromatic carbocycles. The van der Waals surface area contributed by atoms with Crippen LogP contribution < -0.4 is 5.73 Å². The molecule has 0 atom stereocenters. The molecule has 0 bridgehead atoms. The zero-order valence-corrected chi connectivity index (χ0v) is 10.9. The second-order valence-corrected chi connectivity index (χ2v) is 5.70. The maximum atomic E-state index is 12.2. The summed E-state index contributed by atoms with van der Waals surface area (Å²) in [4.78, 5) is 25.2. The largest absolute Gasteiger partial charge is 0.338 e. The summed E-state index contributed by atoms with van der Waals surface area (Å²) in [5.74, 6) is -0.122. The summed E-state index contributed by atoms with van der Waals surface area (Å²) >= 11 is 1.18. The first-order valence-electron chi connectivity index (χ1n) is 5.78. The van der Waals surface area contributed by atoms with Gasteiger partial charge in [0, 0.05) is 25.2 Å². The number of rotatable bonds is 2. The molecule has 0 spiro atoms. The lowest BCUT2D eigenvalue weighted by atomic mass is 10.1. The maximum Gasteiger partial charge on any atom is 0.283 e. The number of hydrogen-bond acceptors (Lipinski definition) is 5. The molecule has 18 heavy (non-hydrogen) atoms. The van der Waals surface area contributed by atoms with Crippen LogP contribution in [0.4, 0.5) is 5.69 Å². The number of nitrogens with two attached hydrogens (primary N) is 1. The van der Waals surface area contributed by atoms with Crippen LogP contribution in [0.5, 0.6) is 0 Å². The number of carbonyl (C=O) groups excluding carboxylic acids is 1. The molecule has 1 fully saturated rings. The molecule has 6 nitrogen and oxygen atoms in total. The molecular weight excluding hydrogens is 254 g/mol. The van der Waals surface area contributed by atoms with E-state index in [1.807, 2.05) is 0 Å². The van der Waals surface area contributed by atoms with E-state index in [0.717, 1.165) is 12.8 Å². The third-order valence-corrected chi connectivity index (χ3v) is 4.15. The van der Waals surface area contributed by atoms with Gasteiger partial charge in [-0.05, 0) is 19.8 Å². The van der Waals surface area contributed by atoms with Crippen LogP contribution in [-0.4, -0.2) is 34.9 Å². The van der Waals surface area contributed by atoms with Crippen molar-refractivity contribution in [3.63, 3.8) is 0 Å². The zero-order chi connectivity index (χ0) is 13.3. The fourth-order valence-corrected chi connectivity index (χ4v) is 2.97. The van der Waals surface area contributed by atoms with Crippen LogP contribution in [0.2, 0.25) is 0 Å². The predicted molar refractivity (Wildman–Crippen MR) is 68.8 cm³/mol. The predicted octanol–water partition coefficient (Wildman–Crippen LogP) is 1.53. The number of hydrogen-bond donors (Lipinski definition) is 1. The molecule has 2 heterocycles. The SMILES string of the molecule is Cc1sc(C(=O)N2CCC(N)CC2)cc1[N+](=O)[O-]. The number of piperidine rings is 1. The Labute approximate surface area is 109 Å². The fourth-order valence-electron chi connectivity index (χ4n) is 2.02. The average molecular weight is 269 g/mol. The van der Waals surface area contributed by atoms with Crippen LogP contribution in [0.25, 0.3) is 0 Å². The third kappa shape index (κ3) is 2.51. The second kappa shape index (κ2) is 5.03. The molecule has 2 N–H and O–H groups in total. The molecule has 1 aliphatic rings. The molecule has 98 valence electrons. The smallest absolute Gasteiger partial charge is 0.283 e. The molecule has 1 aliphatic heterocycles. The molecule has 0 aliphatic carbocycles. The highest BCUT2D eigenvalue weighted by atomic mass is 32.1. The summed E-state index contributed by atoms with van der Waals surface area (Å²) in [6.07, 6.45) is 1.58. The summed E-state index contributed by atoms with van der Waals surface area (Å²) in [6, 6.07) is 1.53. The van der Waals surface area contributed by atoms with Crippen molar-refractivity contribution in [2.75, 3.05) is 13.1 Å². The summed E-state index contributed by atoms with van der Waals surface area (Å²) in [5.41, 5.74) is 5.80. The lowest BCUT2D eigenvalue weighted by molar-refractivity contribution is -0.385. The van der Waals surface area contributed by atoms with Crippen molar-refractivity contribution in [2.45, 2.75) is 25.8 Å². The Hall–Kier alpha value is -1.47. The van der Waals surface area contributed by atoms with E-state index in [2.05, 4.69) is 0 Å². The Morgan fingerprint density at radius 3 is 2.67 bits per heavy atom. The van der Waals surface area contributed by atoms with Crippen LogP contribution in [-0.2, 0) is 0 Å². The van der Waals surface area contributed by atoms with Crippen molar-refractivity contribution in [2.24, 2.45) is 5.73 Å². The quantitative estimate of drug-likeness (QED) is 0.651. The highest BCUT2D eigenvalue weighted by Crippen LogP contribution is 2.29. The molecular formula is C11H15N3O3S. The van der Waals surface area contributed by atoms with Crippen molar-refractivity contribution in [1.29, 1.82) is 0 Å². The molecule has 0 unspecified atom stereocenters. The Balaban J connectivity index is 2.14. The number of nitro groups is 1. The van der Waals surface area contributed by atoms with E-state index < -0.39 is 4.92 Å². The monoisotopic (exact) mass is 269 g/mol. The first-order valence-corrected chi connectivity index (χ1v) is 6.60. The van der Waals surface area contributed by atoms with Gasteiger partial charge in [0.05, 0.1) is 14.7 Å². The van der Waals surface area contributed by atoms with E-state index in [9.17, 15) is 14.9 Å². The van der Waals surface area contributed by atoms with Crippen molar-refractivity contribution in [3.8, 4) is 0 Å². The minimum absolute atomic E-state index is 0.0251. The van der Waals surface area contributed by atoms with E-state index in [0.29, 0.717) is 22.8 Å². The topological polar surface area (TPSA) is 89.5 Å². The highest BCUT2D eigenvalue weighted by Gasteiger charge is 2.25. The minimum Gasteiger partial charge on any atom is -0.338 e. The highest BCUT2D eigenvalue weighted by molar-refractivity contribution is 7.14. The van der Waals surface area contributed by atoms with E-state index in [4.69, 9.17) is 5.73 Å². The lowest BCUT2D eigenvalue weighted by Crippen LogP contribution is -2.42. The number of carbonyl (C=O) groups is 1. The summed E-state index contributed by atoms with van der Waals surface area (Å²) in [6.45, 7) is 2.92. The second-order valence-electron chi connectivity index (χ2n) is 4.44. The van der Waals surface area contributed by atoms with E-state index >= 15 is 0 Å². The van der Waals surface area contributed by atoms with Gasteiger partial charge in [0.2, 0.25) is 0 Å². The van der Waals surface area contributed by atoms with Crippen molar-refractivity contribution >= 4 is 22.9 Å². The summed E-state index contributed by atoms with van der Waals surface area (Å²) < 4.78 is 0.